The summed E-state index contributed by atoms with van der Waals surface area (Å²) in [5, 5.41) is 4.60. The van der Waals surface area contributed by atoms with Crippen LogP contribution >= 0.6 is 11.6 Å². The van der Waals surface area contributed by atoms with E-state index >= 15 is 0 Å². The fraction of sp³-hybridized carbons (Fsp3) is 0.273. The molecule has 1 saturated heterocycles. The van der Waals surface area contributed by atoms with Crippen molar-refractivity contribution in [2.24, 2.45) is 0 Å². The molecule has 0 bridgehead atoms. The molecule has 1 aromatic heterocycles. The predicted octanol–water partition coefficient (Wildman–Crippen LogP) is 2.59. The Morgan fingerprint density at radius 2 is 1.74 bits per heavy atom. The lowest BCUT2D eigenvalue weighted by Crippen LogP contribution is -2.51. The van der Waals surface area contributed by atoms with Crippen molar-refractivity contribution in [1.29, 1.82) is 0 Å². The molecule has 1 atom stereocenters. The second kappa shape index (κ2) is 9.28. The van der Waals surface area contributed by atoms with Crippen molar-refractivity contribution in [1.82, 2.24) is 24.6 Å². The van der Waals surface area contributed by atoms with Gasteiger partial charge in [0, 0.05) is 36.8 Å². The topological polar surface area (TPSA) is 80.6 Å². The van der Waals surface area contributed by atoms with Gasteiger partial charge < -0.3 is 9.64 Å². The van der Waals surface area contributed by atoms with E-state index in [0.717, 1.165) is 5.69 Å². The Bertz CT molecular complexity index is 1050. The van der Waals surface area contributed by atoms with Gasteiger partial charge in [-0.05, 0) is 35.9 Å². The third kappa shape index (κ3) is 4.45. The number of benzene rings is 2. The second-order valence-corrected chi connectivity index (χ2v) is 7.57. The lowest BCUT2D eigenvalue weighted by molar-refractivity contribution is -0.148. The Labute approximate surface area is 185 Å². The number of methoxy groups -OCH3 is 1. The Hall–Kier alpha value is -3.23. The highest BCUT2D eigenvalue weighted by molar-refractivity contribution is 6.31. The van der Waals surface area contributed by atoms with Gasteiger partial charge in [-0.1, -0.05) is 29.8 Å². The Morgan fingerprint density at radius 1 is 1.03 bits per heavy atom. The van der Waals surface area contributed by atoms with Crippen molar-refractivity contribution in [2.45, 2.75) is 6.04 Å². The molecule has 31 heavy (non-hydrogen) atoms. The number of rotatable bonds is 5. The van der Waals surface area contributed by atoms with Gasteiger partial charge in [-0.15, -0.1) is 0 Å². The first-order valence-corrected chi connectivity index (χ1v) is 10.3. The number of nitrogens with zero attached hydrogens (tertiary/aromatic N) is 5. The first kappa shape index (κ1) is 21.0. The molecule has 8 nitrogen and oxygen atoms in total. The van der Waals surface area contributed by atoms with E-state index in [2.05, 4.69) is 10.1 Å². The first-order valence-electron chi connectivity index (χ1n) is 9.89. The number of hydrogen-bond donors (Lipinski definition) is 0. The fourth-order valence-corrected chi connectivity index (χ4v) is 3.98. The third-order valence-corrected chi connectivity index (χ3v) is 5.73. The molecule has 0 aliphatic carbocycles. The number of aromatic nitrogens is 3. The van der Waals surface area contributed by atoms with Crippen LogP contribution in [0.2, 0.25) is 5.02 Å². The summed E-state index contributed by atoms with van der Waals surface area (Å²) in [6.07, 6.45) is 3.07. The van der Waals surface area contributed by atoms with Gasteiger partial charge in [0.2, 0.25) is 0 Å². The molecule has 1 unspecified atom stereocenters. The standard InChI is InChI=1S/C22H22ClN5O3/c1-31-22(30)20(18-4-2-3-5-19(18)23)26-10-12-27(13-11-26)21(29)16-6-8-17(9-7-16)28-15-24-14-25-28/h2-9,14-15,20H,10-13H2,1H3. The van der Waals surface area contributed by atoms with E-state index in [1.807, 2.05) is 35.2 Å². The monoisotopic (exact) mass is 439 g/mol. The first-order chi connectivity index (χ1) is 15.1. The van der Waals surface area contributed by atoms with Crippen LogP contribution in [0.4, 0.5) is 0 Å². The maximum Gasteiger partial charge on any atom is 0.327 e. The zero-order chi connectivity index (χ0) is 21.8. The molecule has 1 amide bonds. The van der Waals surface area contributed by atoms with Gasteiger partial charge in [0.05, 0.1) is 12.8 Å². The van der Waals surface area contributed by atoms with E-state index in [4.69, 9.17) is 16.3 Å². The summed E-state index contributed by atoms with van der Waals surface area (Å²) in [5.74, 6) is -0.409. The number of esters is 1. The molecule has 0 saturated carbocycles. The van der Waals surface area contributed by atoms with E-state index in [1.54, 1.807) is 34.1 Å². The van der Waals surface area contributed by atoms with Crippen LogP contribution in [0.1, 0.15) is 22.0 Å². The molecular weight excluding hydrogens is 418 g/mol. The highest BCUT2D eigenvalue weighted by Crippen LogP contribution is 2.29. The van der Waals surface area contributed by atoms with Crippen molar-refractivity contribution in [3.63, 3.8) is 0 Å². The molecule has 0 N–H and O–H groups in total. The molecule has 1 aliphatic heterocycles. The van der Waals surface area contributed by atoms with Crippen molar-refractivity contribution < 1.29 is 14.3 Å². The minimum Gasteiger partial charge on any atom is -0.468 e. The van der Waals surface area contributed by atoms with Crippen LogP contribution in [0.15, 0.2) is 61.2 Å². The highest BCUT2D eigenvalue weighted by Gasteiger charge is 2.33. The summed E-state index contributed by atoms with van der Waals surface area (Å²) in [6, 6.07) is 13.9. The third-order valence-electron chi connectivity index (χ3n) is 5.39. The fourth-order valence-electron chi connectivity index (χ4n) is 3.75. The predicted molar refractivity (Wildman–Crippen MR) is 115 cm³/mol. The molecule has 0 spiro atoms. The van der Waals surface area contributed by atoms with Gasteiger partial charge in [-0.3, -0.25) is 9.69 Å². The maximum absolute atomic E-state index is 12.9. The molecule has 4 rings (SSSR count). The number of hydrogen-bond acceptors (Lipinski definition) is 6. The van der Waals surface area contributed by atoms with Gasteiger partial charge in [0.15, 0.2) is 0 Å². The van der Waals surface area contributed by atoms with Gasteiger partial charge in [0.25, 0.3) is 5.91 Å². The minimum atomic E-state index is -0.599. The highest BCUT2D eigenvalue weighted by atomic mass is 35.5. The molecule has 0 radical (unpaired) electrons. The van der Waals surface area contributed by atoms with Crippen molar-refractivity contribution in [2.75, 3.05) is 33.3 Å². The summed E-state index contributed by atoms with van der Waals surface area (Å²) in [5.41, 5.74) is 2.15. The molecule has 3 aromatic rings. The molecule has 2 heterocycles. The Morgan fingerprint density at radius 3 is 2.35 bits per heavy atom. The number of carbonyl (C=O) groups is 2. The SMILES string of the molecule is COC(=O)C(c1ccccc1Cl)N1CCN(C(=O)c2ccc(-n3cncn3)cc2)CC1. The molecule has 1 aliphatic rings. The molecule has 160 valence electrons. The number of piperazine rings is 1. The molecular formula is C22H22ClN5O3. The van der Waals surface area contributed by atoms with Crippen LogP contribution in [-0.2, 0) is 9.53 Å². The largest absolute Gasteiger partial charge is 0.468 e. The van der Waals surface area contributed by atoms with Crippen LogP contribution in [0.3, 0.4) is 0 Å². The number of halogens is 1. The Balaban J connectivity index is 1.44. The summed E-state index contributed by atoms with van der Waals surface area (Å²) in [7, 11) is 1.37. The summed E-state index contributed by atoms with van der Waals surface area (Å²) < 4.78 is 6.66. The van der Waals surface area contributed by atoms with Gasteiger partial charge in [-0.2, -0.15) is 5.10 Å². The van der Waals surface area contributed by atoms with Crippen molar-refractivity contribution in [3.05, 3.63) is 77.3 Å². The van der Waals surface area contributed by atoms with E-state index in [9.17, 15) is 9.59 Å². The van der Waals surface area contributed by atoms with Crippen molar-refractivity contribution >= 4 is 23.5 Å². The molecule has 2 aromatic carbocycles. The van der Waals surface area contributed by atoms with Gasteiger partial charge >= 0.3 is 5.97 Å². The second-order valence-electron chi connectivity index (χ2n) is 7.16. The summed E-state index contributed by atoms with van der Waals surface area (Å²) >= 11 is 6.34. The van der Waals surface area contributed by atoms with E-state index in [1.165, 1.54) is 13.4 Å². The average molecular weight is 440 g/mol. The molecule has 9 heteroatoms. The summed E-state index contributed by atoms with van der Waals surface area (Å²) in [4.78, 5) is 33.2. The number of ether oxygens (including phenoxy) is 1. The van der Waals surface area contributed by atoms with Crippen molar-refractivity contribution in [3.8, 4) is 5.69 Å². The quantitative estimate of drug-likeness (QED) is 0.568. The van der Waals surface area contributed by atoms with Gasteiger partial charge in [-0.25, -0.2) is 14.5 Å². The van der Waals surface area contributed by atoms with E-state index < -0.39 is 6.04 Å². The lowest BCUT2D eigenvalue weighted by Gasteiger charge is -2.38. The number of amides is 1. The summed E-state index contributed by atoms with van der Waals surface area (Å²) in [6.45, 7) is 2.07. The average Bonchev–Trinajstić information content (AvgIpc) is 3.35. The normalized spacial score (nSPS) is 15.5. The minimum absolute atomic E-state index is 0.0443. The smallest absolute Gasteiger partial charge is 0.327 e. The zero-order valence-corrected chi connectivity index (χ0v) is 17.8. The van der Waals surface area contributed by atoms with Crippen LogP contribution < -0.4 is 0 Å². The van der Waals surface area contributed by atoms with E-state index in [-0.39, 0.29) is 11.9 Å². The van der Waals surface area contributed by atoms with Crippen LogP contribution in [0.5, 0.6) is 0 Å². The van der Waals surface area contributed by atoms with Crippen LogP contribution in [-0.4, -0.2) is 69.7 Å². The zero-order valence-electron chi connectivity index (χ0n) is 17.0. The maximum atomic E-state index is 12.9. The van der Waals surface area contributed by atoms with Crippen LogP contribution in [0, 0.1) is 0 Å². The Kier molecular flexibility index (Phi) is 6.29. The van der Waals surface area contributed by atoms with E-state index in [0.29, 0.717) is 42.3 Å². The molecule has 1 fully saturated rings. The van der Waals surface area contributed by atoms with Gasteiger partial charge in [0.1, 0.15) is 18.7 Å². The lowest BCUT2D eigenvalue weighted by atomic mass is 10.0. The van der Waals surface area contributed by atoms with Crippen LogP contribution in [0.25, 0.3) is 5.69 Å². The number of carbonyl (C=O) groups excluding carboxylic acids is 2.